The minimum absolute atomic E-state index is 0.830. The highest BCUT2D eigenvalue weighted by Gasteiger charge is 2.08. The van der Waals surface area contributed by atoms with Gasteiger partial charge in [-0.3, -0.25) is 0 Å². The van der Waals surface area contributed by atoms with E-state index in [0.717, 1.165) is 36.5 Å². The number of para-hydroxylation sites is 1. The van der Waals surface area contributed by atoms with Crippen LogP contribution in [0.15, 0.2) is 18.2 Å². The number of likely N-dealkylation sites (N-methyl/N-ethyl adjacent to an activating group) is 1. The summed E-state index contributed by atoms with van der Waals surface area (Å²) in [5.74, 6) is 0. The SMILES string of the molecule is CCCN(CC)CCn1c(=S)[nH]c2cccc(C)c21. The lowest BCUT2D eigenvalue weighted by atomic mass is 10.2. The summed E-state index contributed by atoms with van der Waals surface area (Å²) in [6, 6.07) is 6.31. The standard InChI is InChI=1S/C15H23N3S/c1-4-9-17(5-2)10-11-18-14-12(3)7-6-8-13(14)16-15(18)19/h6-8H,4-5,9-11H2,1-3H3,(H,16,19). The van der Waals surface area contributed by atoms with Crippen molar-refractivity contribution >= 4 is 23.3 Å². The summed E-state index contributed by atoms with van der Waals surface area (Å²) < 4.78 is 3.06. The van der Waals surface area contributed by atoms with E-state index < -0.39 is 0 Å². The van der Waals surface area contributed by atoms with Crippen molar-refractivity contribution in [2.45, 2.75) is 33.7 Å². The number of benzene rings is 1. The Balaban J connectivity index is 2.25. The van der Waals surface area contributed by atoms with Crippen LogP contribution in [0.2, 0.25) is 0 Å². The van der Waals surface area contributed by atoms with Gasteiger partial charge in [-0.2, -0.15) is 0 Å². The Kier molecular flexibility index (Phi) is 4.77. The largest absolute Gasteiger partial charge is 0.331 e. The third-order valence-corrected chi connectivity index (χ3v) is 3.94. The van der Waals surface area contributed by atoms with Gasteiger partial charge in [-0.25, -0.2) is 0 Å². The van der Waals surface area contributed by atoms with Crippen LogP contribution < -0.4 is 0 Å². The number of nitrogens with one attached hydrogen (secondary N) is 1. The predicted octanol–water partition coefficient (Wildman–Crippen LogP) is 3.74. The summed E-state index contributed by atoms with van der Waals surface area (Å²) >= 11 is 5.45. The molecule has 0 aliphatic heterocycles. The molecule has 2 aromatic rings. The molecule has 0 saturated carbocycles. The lowest BCUT2D eigenvalue weighted by Gasteiger charge is -2.20. The maximum Gasteiger partial charge on any atom is 0.178 e. The summed E-state index contributed by atoms with van der Waals surface area (Å²) in [4.78, 5) is 5.77. The average molecular weight is 277 g/mol. The van der Waals surface area contributed by atoms with Crippen LogP contribution in [0, 0.1) is 11.7 Å². The Bertz CT molecular complexity index is 597. The molecule has 1 heterocycles. The molecule has 0 unspecified atom stereocenters. The van der Waals surface area contributed by atoms with Gasteiger partial charge in [0.25, 0.3) is 0 Å². The van der Waals surface area contributed by atoms with Crippen molar-refractivity contribution in [1.29, 1.82) is 0 Å². The second-order valence-electron chi connectivity index (χ2n) is 4.99. The average Bonchev–Trinajstić information content (AvgIpc) is 2.72. The number of nitrogens with zero attached hydrogens (tertiary/aromatic N) is 2. The predicted molar refractivity (Wildman–Crippen MR) is 84.3 cm³/mol. The van der Waals surface area contributed by atoms with Gasteiger partial charge >= 0.3 is 0 Å². The van der Waals surface area contributed by atoms with E-state index >= 15 is 0 Å². The molecule has 1 N–H and O–H groups in total. The van der Waals surface area contributed by atoms with E-state index in [0.29, 0.717) is 0 Å². The number of rotatable bonds is 6. The van der Waals surface area contributed by atoms with Crippen molar-refractivity contribution in [1.82, 2.24) is 14.5 Å². The lowest BCUT2D eigenvalue weighted by molar-refractivity contribution is 0.277. The van der Waals surface area contributed by atoms with Crippen LogP contribution >= 0.6 is 12.2 Å². The first-order valence-corrected chi connectivity index (χ1v) is 7.48. The topological polar surface area (TPSA) is 24.0 Å². The highest BCUT2D eigenvalue weighted by atomic mass is 32.1. The Labute approximate surface area is 120 Å². The van der Waals surface area contributed by atoms with Crippen molar-refractivity contribution in [2.24, 2.45) is 0 Å². The van der Waals surface area contributed by atoms with Gasteiger partial charge in [-0.05, 0) is 50.3 Å². The molecule has 2 rings (SSSR count). The number of aromatic nitrogens is 2. The van der Waals surface area contributed by atoms with Gasteiger partial charge in [0.15, 0.2) is 4.77 Å². The zero-order valence-corrected chi connectivity index (χ0v) is 12.9. The molecule has 0 atom stereocenters. The quantitative estimate of drug-likeness (QED) is 0.813. The molecule has 0 saturated heterocycles. The van der Waals surface area contributed by atoms with Crippen molar-refractivity contribution < 1.29 is 0 Å². The second-order valence-corrected chi connectivity index (χ2v) is 5.37. The van der Waals surface area contributed by atoms with Crippen LogP contribution in [0.3, 0.4) is 0 Å². The molecular formula is C15H23N3S. The molecule has 1 aromatic carbocycles. The van der Waals surface area contributed by atoms with Crippen molar-refractivity contribution in [3.05, 3.63) is 28.5 Å². The fourth-order valence-electron chi connectivity index (χ4n) is 2.60. The molecule has 104 valence electrons. The first-order valence-electron chi connectivity index (χ1n) is 7.07. The number of aryl methyl sites for hydroxylation is 1. The Morgan fingerprint density at radius 1 is 1.26 bits per heavy atom. The lowest BCUT2D eigenvalue weighted by Crippen LogP contribution is -2.28. The number of fused-ring (bicyclic) bond motifs is 1. The number of hydrogen-bond donors (Lipinski definition) is 1. The summed E-state index contributed by atoms with van der Waals surface area (Å²) in [6.07, 6.45) is 1.20. The molecule has 0 aliphatic carbocycles. The minimum atomic E-state index is 0.830. The Hall–Kier alpha value is -1.13. The first kappa shape index (κ1) is 14.3. The first-order chi connectivity index (χ1) is 9.17. The minimum Gasteiger partial charge on any atom is -0.331 e. The van der Waals surface area contributed by atoms with E-state index in [2.05, 4.69) is 53.4 Å². The van der Waals surface area contributed by atoms with E-state index in [1.165, 1.54) is 17.5 Å². The molecular weight excluding hydrogens is 254 g/mol. The van der Waals surface area contributed by atoms with Gasteiger partial charge < -0.3 is 14.5 Å². The molecule has 0 spiro atoms. The highest BCUT2D eigenvalue weighted by molar-refractivity contribution is 7.71. The van der Waals surface area contributed by atoms with Gasteiger partial charge in [0, 0.05) is 13.1 Å². The fourth-order valence-corrected chi connectivity index (χ4v) is 2.89. The van der Waals surface area contributed by atoms with Gasteiger partial charge in [0.05, 0.1) is 11.0 Å². The van der Waals surface area contributed by atoms with E-state index in [4.69, 9.17) is 12.2 Å². The van der Waals surface area contributed by atoms with Crippen LogP contribution in [-0.2, 0) is 6.54 Å². The number of imidazole rings is 1. The van der Waals surface area contributed by atoms with E-state index in [-0.39, 0.29) is 0 Å². The van der Waals surface area contributed by atoms with Crippen LogP contribution in [0.25, 0.3) is 11.0 Å². The molecule has 4 heteroatoms. The van der Waals surface area contributed by atoms with E-state index in [1.807, 2.05) is 0 Å². The smallest absolute Gasteiger partial charge is 0.178 e. The zero-order chi connectivity index (χ0) is 13.8. The monoisotopic (exact) mass is 277 g/mol. The summed E-state index contributed by atoms with van der Waals surface area (Å²) in [6.45, 7) is 10.9. The fraction of sp³-hybridized carbons (Fsp3) is 0.533. The highest BCUT2D eigenvalue weighted by Crippen LogP contribution is 2.18. The molecule has 3 nitrogen and oxygen atoms in total. The molecule has 0 bridgehead atoms. The third kappa shape index (κ3) is 3.07. The summed E-state index contributed by atoms with van der Waals surface area (Å²) in [5.41, 5.74) is 3.67. The number of H-pyrrole nitrogens is 1. The summed E-state index contributed by atoms with van der Waals surface area (Å²) in [5, 5.41) is 0. The van der Waals surface area contributed by atoms with Crippen LogP contribution in [0.1, 0.15) is 25.8 Å². The van der Waals surface area contributed by atoms with Crippen molar-refractivity contribution in [3.63, 3.8) is 0 Å². The Morgan fingerprint density at radius 3 is 2.74 bits per heavy atom. The van der Waals surface area contributed by atoms with Crippen LogP contribution in [-0.4, -0.2) is 34.1 Å². The van der Waals surface area contributed by atoms with Crippen LogP contribution in [0.4, 0.5) is 0 Å². The van der Waals surface area contributed by atoms with Crippen LogP contribution in [0.5, 0.6) is 0 Å². The number of hydrogen-bond acceptors (Lipinski definition) is 2. The second kappa shape index (κ2) is 6.35. The zero-order valence-electron chi connectivity index (χ0n) is 12.1. The third-order valence-electron chi connectivity index (χ3n) is 3.62. The van der Waals surface area contributed by atoms with E-state index in [9.17, 15) is 0 Å². The van der Waals surface area contributed by atoms with Gasteiger partial charge in [0.2, 0.25) is 0 Å². The van der Waals surface area contributed by atoms with Gasteiger partial charge in [0.1, 0.15) is 0 Å². The Morgan fingerprint density at radius 2 is 2.05 bits per heavy atom. The number of aromatic amines is 1. The van der Waals surface area contributed by atoms with Gasteiger partial charge in [-0.1, -0.05) is 26.0 Å². The molecule has 0 amide bonds. The van der Waals surface area contributed by atoms with Gasteiger partial charge in [-0.15, -0.1) is 0 Å². The molecule has 0 radical (unpaired) electrons. The maximum atomic E-state index is 5.45. The van der Waals surface area contributed by atoms with E-state index in [1.54, 1.807) is 0 Å². The maximum absolute atomic E-state index is 5.45. The van der Waals surface area contributed by atoms with Crippen molar-refractivity contribution in [2.75, 3.05) is 19.6 Å². The molecule has 0 aliphatic rings. The summed E-state index contributed by atoms with van der Waals surface area (Å²) in [7, 11) is 0. The van der Waals surface area contributed by atoms with Crippen molar-refractivity contribution in [3.8, 4) is 0 Å². The molecule has 19 heavy (non-hydrogen) atoms. The molecule has 0 fully saturated rings. The normalized spacial score (nSPS) is 11.6. The molecule has 1 aromatic heterocycles.